The van der Waals surface area contributed by atoms with Gasteiger partial charge < -0.3 is 20.1 Å². The Morgan fingerprint density at radius 2 is 1.93 bits per heavy atom. The van der Waals surface area contributed by atoms with Gasteiger partial charge in [0.1, 0.15) is 5.75 Å². The summed E-state index contributed by atoms with van der Waals surface area (Å²) >= 11 is 0. The number of hydrogen-bond acceptors (Lipinski definition) is 5. The molecule has 2 aliphatic rings. The number of rotatable bonds is 7. The van der Waals surface area contributed by atoms with Crippen molar-refractivity contribution >= 4 is 30.0 Å². The number of esters is 1. The molecule has 2 N–H and O–H groups in total. The zero-order valence-corrected chi connectivity index (χ0v) is 16.6. The molecular formula is C20H29ClN2O4. The van der Waals surface area contributed by atoms with Gasteiger partial charge in [-0.05, 0) is 55.9 Å². The number of nitrogens with one attached hydrogen (secondary N) is 2. The second-order valence-electron chi connectivity index (χ2n) is 7.15. The monoisotopic (exact) mass is 396 g/mol. The third-order valence-electron chi connectivity index (χ3n) is 5.32. The summed E-state index contributed by atoms with van der Waals surface area (Å²) in [5, 5.41) is 6.49. The first kappa shape index (κ1) is 21.5. The molecule has 3 rings (SSSR count). The molecule has 7 heteroatoms. The molecular weight excluding hydrogens is 368 g/mol. The maximum Gasteiger partial charge on any atom is 0.305 e. The van der Waals surface area contributed by atoms with Crippen LogP contribution in [0.25, 0.3) is 0 Å². The van der Waals surface area contributed by atoms with Gasteiger partial charge in [0.15, 0.2) is 0 Å². The summed E-state index contributed by atoms with van der Waals surface area (Å²) in [6.45, 7) is 0.454. The standard InChI is InChI=1S/C20H28N2O4.ClH/c1-25-19(23)7-4-12-26-16-10-8-15(9-11-16)21-20(24)18-13-14-5-2-3-6-17(14)22-18;/h8-11,14,17-18,22H,2-7,12-13H2,1H3,(H,21,24);1H. The highest BCUT2D eigenvalue weighted by Crippen LogP contribution is 2.33. The molecule has 1 saturated carbocycles. The molecule has 0 spiro atoms. The minimum Gasteiger partial charge on any atom is -0.494 e. The zero-order valence-electron chi connectivity index (χ0n) is 15.7. The minimum atomic E-state index is -0.230. The van der Waals surface area contributed by atoms with Crippen molar-refractivity contribution in [3.05, 3.63) is 24.3 Å². The Hall–Kier alpha value is -1.79. The van der Waals surface area contributed by atoms with E-state index in [1.807, 2.05) is 24.3 Å². The number of fused-ring (bicyclic) bond motifs is 1. The number of anilines is 1. The Kier molecular flexibility index (Phi) is 8.38. The molecule has 2 fully saturated rings. The van der Waals surface area contributed by atoms with Crippen LogP contribution in [-0.2, 0) is 14.3 Å². The Morgan fingerprint density at radius 3 is 2.63 bits per heavy atom. The van der Waals surface area contributed by atoms with Gasteiger partial charge >= 0.3 is 5.97 Å². The molecule has 3 atom stereocenters. The van der Waals surface area contributed by atoms with E-state index in [1.165, 1.54) is 32.8 Å². The van der Waals surface area contributed by atoms with Crippen molar-refractivity contribution in [2.24, 2.45) is 5.92 Å². The number of ether oxygens (including phenoxy) is 2. The van der Waals surface area contributed by atoms with E-state index in [0.29, 0.717) is 31.4 Å². The Morgan fingerprint density at radius 1 is 1.19 bits per heavy atom. The van der Waals surface area contributed by atoms with E-state index in [4.69, 9.17) is 4.74 Å². The summed E-state index contributed by atoms with van der Waals surface area (Å²) in [7, 11) is 1.38. The van der Waals surface area contributed by atoms with Gasteiger partial charge in [-0.25, -0.2) is 0 Å². The molecule has 6 nitrogen and oxygen atoms in total. The average Bonchev–Trinajstić information content (AvgIpc) is 3.10. The Bertz CT molecular complexity index is 609. The summed E-state index contributed by atoms with van der Waals surface area (Å²) in [5.41, 5.74) is 0.772. The predicted octanol–water partition coefficient (Wildman–Crippen LogP) is 3.30. The largest absolute Gasteiger partial charge is 0.494 e. The van der Waals surface area contributed by atoms with E-state index in [1.54, 1.807) is 0 Å². The highest BCUT2D eigenvalue weighted by molar-refractivity contribution is 5.95. The number of halogens is 1. The molecule has 1 aromatic rings. The van der Waals surface area contributed by atoms with E-state index >= 15 is 0 Å². The van der Waals surface area contributed by atoms with Crippen LogP contribution >= 0.6 is 12.4 Å². The van der Waals surface area contributed by atoms with Gasteiger partial charge in [-0.2, -0.15) is 0 Å². The quantitative estimate of drug-likeness (QED) is 0.546. The van der Waals surface area contributed by atoms with Gasteiger partial charge in [0, 0.05) is 18.2 Å². The fourth-order valence-corrected chi connectivity index (χ4v) is 3.89. The summed E-state index contributed by atoms with van der Waals surface area (Å²) in [5.74, 6) is 1.19. The highest BCUT2D eigenvalue weighted by atomic mass is 35.5. The number of carbonyl (C=O) groups is 2. The first-order valence-electron chi connectivity index (χ1n) is 9.52. The summed E-state index contributed by atoms with van der Waals surface area (Å²) < 4.78 is 10.2. The van der Waals surface area contributed by atoms with Crippen LogP contribution in [0.5, 0.6) is 5.75 Å². The average molecular weight is 397 g/mol. The van der Waals surface area contributed by atoms with Crippen molar-refractivity contribution in [3.63, 3.8) is 0 Å². The topological polar surface area (TPSA) is 76.7 Å². The lowest BCUT2D eigenvalue weighted by atomic mass is 9.85. The fourth-order valence-electron chi connectivity index (χ4n) is 3.89. The second kappa shape index (κ2) is 10.5. The van der Waals surface area contributed by atoms with Crippen LogP contribution in [0.4, 0.5) is 5.69 Å². The second-order valence-corrected chi connectivity index (χ2v) is 7.15. The number of carbonyl (C=O) groups excluding carboxylic acids is 2. The third kappa shape index (κ3) is 6.11. The van der Waals surface area contributed by atoms with Gasteiger partial charge in [-0.15, -0.1) is 12.4 Å². The van der Waals surface area contributed by atoms with E-state index in [0.717, 1.165) is 17.9 Å². The van der Waals surface area contributed by atoms with E-state index < -0.39 is 0 Å². The van der Waals surface area contributed by atoms with E-state index in [2.05, 4.69) is 15.4 Å². The van der Waals surface area contributed by atoms with Crippen LogP contribution in [0.2, 0.25) is 0 Å². The normalized spacial score (nSPS) is 23.7. The number of methoxy groups -OCH3 is 1. The lowest BCUT2D eigenvalue weighted by Crippen LogP contribution is -2.39. The molecule has 1 aromatic carbocycles. The molecule has 1 aliphatic heterocycles. The summed E-state index contributed by atoms with van der Waals surface area (Å²) in [4.78, 5) is 23.5. The van der Waals surface area contributed by atoms with Crippen molar-refractivity contribution in [2.75, 3.05) is 19.0 Å². The lowest BCUT2D eigenvalue weighted by Gasteiger charge is -2.24. The number of hydrogen-bond donors (Lipinski definition) is 2. The van der Waals surface area contributed by atoms with Gasteiger partial charge in [-0.1, -0.05) is 12.8 Å². The highest BCUT2D eigenvalue weighted by Gasteiger charge is 2.38. The molecule has 1 amide bonds. The molecule has 0 bridgehead atoms. The lowest BCUT2D eigenvalue weighted by molar-refractivity contribution is -0.140. The Balaban J connectivity index is 0.00000261. The molecule has 27 heavy (non-hydrogen) atoms. The van der Waals surface area contributed by atoms with Crippen LogP contribution in [0.15, 0.2) is 24.3 Å². The predicted molar refractivity (Wildman–Crippen MR) is 106 cm³/mol. The smallest absolute Gasteiger partial charge is 0.305 e. The Labute approximate surface area is 166 Å². The third-order valence-corrected chi connectivity index (χ3v) is 5.32. The van der Waals surface area contributed by atoms with E-state index in [-0.39, 0.29) is 30.3 Å². The first-order valence-corrected chi connectivity index (χ1v) is 9.52. The minimum absolute atomic E-state index is 0. The zero-order chi connectivity index (χ0) is 18.4. The maximum absolute atomic E-state index is 12.5. The number of amides is 1. The molecule has 1 saturated heterocycles. The molecule has 0 aromatic heterocycles. The van der Waals surface area contributed by atoms with Gasteiger partial charge in [-0.3, -0.25) is 9.59 Å². The van der Waals surface area contributed by atoms with Crippen LogP contribution in [-0.4, -0.2) is 37.7 Å². The van der Waals surface area contributed by atoms with Crippen molar-refractivity contribution in [1.29, 1.82) is 0 Å². The maximum atomic E-state index is 12.5. The molecule has 0 radical (unpaired) electrons. The summed E-state index contributed by atoms with van der Waals surface area (Å²) in [6, 6.07) is 7.77. The van der Waals surface area contributed by atoms with Gasteiger partial charge in [0.05, 0.1) is 19.8 Å². The van der Waals surface area contributed by atoms with Gasteiger partial charge in [0.25, 0.3) is 0 Å². The van der Waals surface area contributed by atoms with E-state index in [9.17, 15) is 9.59 Å². The van der Waals surface area contributed by atoms with Crippen LogP contribution in [0.3, 0.4) is 0 Å². The number of benzene rings is 1. The van der Waals surface area contributed by atoms with Crippen molar-refractivity contribution in [2.45, 2.75) is 57.0 Å². The molecule has 3 unspecified atom stereocenters. The SMILES string of the molecule is COC(=O)CCCOc1ccc(NC(=O)C2CC3CCCCC3N2)cc1.Cl. The molecule has 1 heterocycles. The molecule has 1 aliphatic carbocycles. The van der Waals surface area contributed by atoms with Crippen LogP contribution in [0, 0.1) is 5.92 Å². The van der Waals surface area contributed by atoms with Crippen LogP contribution in [0.1, 0.15) is 44.9 Å². The molecule has 150 valence electrons. The fraction of sp³-hybridized carbons (Fsp3) is 0.600. The van der Waals surface area contributed by atoms with Gasteiger partial charge in [0.2, 0.25) is 5.91 Å². The summed E-state index contributed by atoms with van der Waals surface area (Å²) in [6.07, 6.45) is 6.89. The first-order chi connectivity index (χ1) is 12.7. The van der Waals surface area contributed by atoms with Crippen molar-refractivity contribution in [1.82, 2.24) is 5.32 Å². The van der Waals surface area contributed by atoms with Crippen molar-refractivity contribution < 1.29 is 19.1 Å². The van der Waals surface area contributed by atoms with Crippen LogP contribution < -0.4 is 15.4 Å². The van der Waals surface area contributed by atoms with Crippen molar-refractivity contribution in [3.8, 4) is 5.75 Å².